The number of hydrogen-bond donors (Lipinski definition) is 1. The Morgan fingerprint density at radius 2 is 1.87 bits per heavy atom. The van der Waals surface area contributed by atoms with Crippen molar-refractivity contribution < 1.29 is 14.3 Å². The third kappa shape index (κ3) is 2.45. The number of rotatable bonds is 2. The average molecular weight is 318 g/mol. The number of hydrogen-bond acceptors (Lipinski definition) is 3. The zero-order valence-corrected chi connectivity index (χ0v) is 13.2. The van der Waals surface area contributed by atoms with Crippen LogP contribution in [-0.2, 0) is 10.4 Å². The number of nitrogens with zero attached hydrogens (tertiary/aromatic N) is 2. The first kappa shape index (κ1) is 15.1. The normalized spacial score (nSPS) is 34.1. The van der Waals surface area contributed by atoms with Gasteiger partial charge in [-0.3, -0.25) is 4.79 Å². The predicted octanol–water partition coefficient (Wildman–Crippen LogP) is 2.75. The van der Waals surface area contributed by atoms with Crippen molar-refractivity contribution in [2.24, 2.45) is 5.92 Å². The first-order valence-electron chi connectivity index (χ1n) is 8.74. The van der Waals surface area contributed by atoms with Gasteiger partial charge >= 0.3 is 0 Å². The summed E-state index contributed by atoms with van der Waals surface area (Å²) in [5.74, 6) is -0.159. The van der Waals surface area contributed by atoms with Crippen molar-refractivity contribution in [3.05, 3.63) is 29.8 Å². The van der Waals surface area contributed by atoms with E-state index in [9.17, 15) is 14.3 Å². The first-order chi connectivity index (χ1) is 11.1. The zero-order chi connectivity index (χ0) is 16.0. The Hall–Kier alpha value is -1.49. The highest BCUT2D eigenvalue weighted by Gasteiger charge is 2.51. The van der Waals surface area contributed by atoms with E-state index in [-0.39, 0.29) is 29.5 Å². The largest absolute Gasteiger partial charge is 0.385 e. The zero-order valence-electron chi connectivity index (χ0n) is 13.2. The van der Waals surface area contributed by atoms with Crippen LogP contribution in [0.4, 0.5) is 4.39 Å². The number of carbonyl (C=O) groups is 1. The van der Waals surface area contributed by atoms with Crippen LogP contribution in [0, 0.1) is 11.9 Å². The molecule has 3 heterocycles. The number of pyridine rings is 1. The Labute approximate surface area is 135 Å². The molecular weight excluding hydrogens is 295 g/mol. The van der Waals surface area contributed by atoms with Crippen LogP contribution in [0.25, 0.3) is 0 Å². The van der Waals surface area contributed by atoms with Gasteiger partial charge in [-0.2, -0.15) is 4.39 Å². The highest BCUT2D eigenvalue weighted by atomic mass is 19.1. The molecule has 1 amide bonds. The highest BCUT2D eigenvalue weighted by molar-refractivity contribution is 5.80. The summed E-state index contributed by atoms with van der Waals surface area (Å²) in [7, 11) is 0. The number of halogens is 1. The van der Waals surface area contributed by atoms with Gasteiger partial charge in [0.05, 0.1) is 5.60 Å². The lowest BCUT2D eigenvalue weighted by Crippen LogP contribution is -2.53. The second kappa shape index (κ2) is 5.55. The summed E-state index contributed by atoms with van der Waals surface area (Å²) in [5, 5.41) is 11.1. The Morgan fingerprint density at radius 3 is 2.48 bits per heavy atom. The molecule has 1 aliphatic carbocycles. The number of aliphatic hydroxyl groups is 1. The molecule has 2 aliphatic heterocycles. The lowest BCUT2D eigenvalue weighted by Gasteiger charge is -2.44. The maximum Gasteiger partial charge on any atom is 0.226 e. The lowest BCUT2D eigenvalue weighted by molar-refractivity contribution is -0.146. The quantitative estimate of drug-likeness (QED) is 0.853. The van der Waals surface area contributed by atoms with Crippen LogP contribution in [0.1, 0.15) is 56.9 Å². The molecule has 0 spiro atoms. The smallest absolute Gasteiger partial charge is 0.226 e. The van der Waals surface area contributed by atoms with Gasteiger partial charge in [-0.25, -0.2) is 4.98 Å². The molecule has 124 valence electrons. The summed E-state index contributed by atoms with van der Waals surface area (Å²) in [6.07, 6.45) is 8.34. The molecule has 1 unspecified atom stereocenters. The van der Waals surface area contributed by atoms with Gasteiger partial charge in [-0.05, 0) is 31.7 Å². The Kier molecular flexibility index (Phi) is 3.63. The van der Waals surface area contributed by atoms with Crippen molar-refractivity contribution in [2.45, 2.75) is 69.1 Å². The van der Waals surface area contributed by atoms with Gasteiger partial charge in [-0.15, -0.1) is 0 Å². The van der Waals surface area contributed by atoms with Crippen molar-refractivity contribution in [1.82, 2.24) is 9.88 Å². The van der Waals surface area contributed by atoms with Gasteiger partial charge < -0.3 is 10.0 Å². The van der Waals surface area contributed by atoms with Crippen LogP contribution >= 0.6 is 0 Å². The maximum absolute atomic E-state index is 14.0. The summed E-state index contributed by atoms with van der Waals surface area (Å²) in [4.78, 5) is 18.5. The molecule has 4 rings (SSSR count). The van der Waals surface area contributed by atoms with Crippen molar-refractivity contribution in [3.63, 3.8) is 0 Å². The van der Waals surface area contributed by atoms with E-state index in [1.165, 1.54) is 6.20 Å². The van der Waals surface area contributed by atoms with Gasteiger partial charge in [0.15, 0.2) is 0 Å². The van der Waals surface area contributed by atoms with E-state index in [0.717, 1.165) is 38.5 Å². The predicted molar refractivity (Wildman–Crippen MR) is 82.9 cm³/mol. The van der Waals surface area contributed by atoms with E-state index >= 15 is 0 Å². The van der Waals surface area contributed by atoms with Crippen LogP contribution in [0.3, 0.4) is 0 Å². The third-order valence-electron chi connectivity index (χ3n) is 5.99. The van der Waals surface area contributed by atoms with E-state index in [0.29, 0.717) is 12.8 Å². The minimum atomic E-state index is -1.20. The molecule has 2 saturated heterocycles. The van der Waals surface area contributed by atoms with Crippen LogP contribution < -0.4 is 0 Å². The van der Waals surface area contributed by atoms with Crippen LogP contribution in [-0.4, -0.2) is 33.0 Å². The molecule has 3 fully saturated rings. The van der Waals surface area contributed by atoms with Crippen LogP contribution in [0.15, 0.2) is 18.3 Å². The fourth-order valence-electron chi connectivity index (χ4n) is 4.92. The molecule has 3 aliphatic rings. The van der Waals surface area contributed by atoms with Crippen molar-refractivity contribution in [2.75, 3.05) is 0 Å². The summed E-state index contributed by atoms with van der Waals surface area (Å²) < 4.78 is 14.0. The minimum absolute atomic E-state index is 0.0338. The molecule has 1 N–H and O–H groups in total. The van der Waals surface area contributed by atoms with Gasteiger partial charge in [0.25, 0.3) is 0 Å². The molecule has 1 aromatic rings. The van der Waals surface area contributed by atoms with E-state index < -0.39 is 11.5 Å². The highest BCUT2D eigenvalue weighted by Crippen LogP contribution is 2.47. The van der Waals surface area contributed by atoms with Gasteiger partial charge in [0.1, 0.15) is 0 Å². The standard InChI is InChI=1S/C18H23FN2O2/c19-16-15(6-3-9-20-16)18(23)10-13-7-8-14(11-18)21(13)17(22)12-4-1-2-5-12/h3,6,9,12-14,23H,1-2,4-5,7-8,10-11H2/t13-,14+,18?. The number of piperidine rings is 1. The van der Waals surface area contributed by atoms with E-state index in [4.69, 9.17) is 0 Å². The van der Waals surface area contributed by atoms with Gasteiger partial charge in [0.2, 0.25) is 11.9 Å². The summed E-state index contributed by atoms with van der Waals surface area (Å²) in [5.41, 5.74) is -0.916. The van der Waals surface area contributed by atoms with Crippen molar-refractivity contribution in [3.8, 4) is 0 Å². The van der Waals surface area contributed by atoms with Gasteiger partial charge in [0, 0.05) is 42.6 Å². The first-order valence-corrected chi connectivity index (χ1v) is 8.74. The summed E-state index contributed by atoms with van der Waals surface area (Å²) in [6, 6.07) is 3.35. The van der Waals surface area contributed by atoms with E-state index in [2.05, 4.69) is 4.98 Å². The molecular formula is C18H23FN2O2. The average Bonchev–Trinajstić information content (AvgIpc) is 3.15. The molecule has 3 atom stereocenters. The second-order valence-electron chi connectivity index (χ2n) is 7.39. The Balaban J connectivity index is 1.58. The fraction of sp³-hybridized carbons (Fsp3) is 0.667. The van der Waals surface area contributed by atoms with E-state index in [1.54, 1.807) is 12.1 Å². The molecule has 2 bridgehead atoms. The summed E-state index contributed by atoms with van der Waals surface area (Å²) in [6.45, 7) is 0. The van der Waals surface area contributed by atoms with Crippen LogP contribution in [0.5, 0.6) is 0 Å². The molecule has 0 aromatic carbocycles. The third-order valence-corrected chi connectivity index (χ3v) is 5.99. The monoisotopic (exact) mass is 318 g/mol. The fourth-order valence-corrected chi connectivity index (χ4v) is 4.92. The topological polar surface area (TPSA) is 53.4 Å². The molecule has 1 saturated carbocycles. The van der Waals surface area contributed by atoms with E-state index in [1.807, 2.05) is 4.90 Å². The van der Waals surface area contributed by atoms with Gasteiger partial charge in [-0.1, -0.05) is 18.9 Å². The Morgan fingerprint density at radius 1 is 1.22 bits per heavy atom. The number of amides is 1. The Bertz CT molecular complexity index is 601. The second-order valence-corrected chi connectivity index (χ2v) is 7.39. The number of aromatic nitrogens is 1. The number of carbonyl (C=O) groups excluding carboxylic acids is 1. The minimum Gasteiger partial charge on any atom is -0.385 e. The van der Waals surface area contributed by atoms with Crippen molar-refractivity contribution in [1.29, 1.82) is 0 Å². The SMILES string of the molecule is O=C(C1CCCC1)N1[C@@H]2CC[C@H]1CC(O)(c1cccnc1F)C2. The molecule has 5 heteroatoms. The summed E-state index contributed by atoms with van der Waals surface area (Å²) >= 11 is 0. The lowest BCUT2D eigenvalue weighted by atomic mass is 9.80. The van der Waals surface area contributed by atoms with Crippen molar-refractivity contribution >= 4 is 5.91 Å². The molecule has 23 heavy (non-hydrogen) atoms. The van der Waals surface area contributed by atoms with Crippen LogP contribution in [0.2, 0.25) is 0 Å². The maximum atomic E-state index is 14.0. The molecule has 1 aromatic heterocycles. The molecule has 0 radical (unpaired) electrons. The number of fused-ring (bicyclic) bond motifs is 2. The molecule has 4 nitrogen and oxygen atoms in total.